The van der Waals surface area contributed by atoms with Crippen molar-refractivity contribution in [3.05, 3.63) is 102 Å². The van der Waals surface area contributed by atoms with Gasteiger partial charge in [-0.25, -0.2) is 9.38 Å². The van der Waals surface area contributed by atoms with E-state index in [-0.39, 0.29) is 56.5 Å². The fraction of sp³-hybridized carbons (Fsp3) is 0.341. The van der Waals surface area contributed by atoms with Gasteiger partial charge in [-0.2, -0.15) is 0 Å². The normalized spacial score (nSPS) is 13.0. The molecule has 0 aliphatic heterocycles. The second-order valence-electron chi connectivity index (χ2n) is 14.6. The lowest BCUT2D eigenvalue weighted by Gasteiger charge is -2.27. The van der Waals surface area contributed by atoms with Crippen LogP contribution in [0.25, 0.3) is 10.9 Å². The maximum atomic E-state index is 14.2. The number of carbonyl (C=O) groups is 5. The molecule has 0 bridgehead atoms. The van der Waals surface area contributed by atoms with Crippen LogP contribution in [0.4, 0.5) is 10.1 Å². The molecule has 1 heterocycles. The third-order valence-corrected chi connectivity index (χ3v) is 9.24. The quantitative estimate of drug-likeness (QED) is 0.0322. The Bertz CT molecular complexity index is 2130. The van der Waals surface area contributed by atoms with E-state index in [1.54, 1.807) is 30.5 Å². The second-order valence-corrected chi connectivity index (χ2v) is 14.6. The highest BCUT2D eigenvalue weighted by atomic mass is 19.1. The van der Waals surface area contributed by atoms with Crippen LogP contribution < -0.4 is 49.9 Å². The third-order valence-electron chi connectivity index (χ3n) is 9.24. The molecule has 59 heavy (non-hydrogen) atoms. The zero-order chi connectivity index (χ0) is 43.1. The number of hydrogen-bond donors (Lipinski definition) is 10. The molecular formula is C41H53FN12O5. The first-order valence-corrected chi connectivity index (χ1v) is 19.1. The highest BCUT2D eigenvalue weighted by Gasteiger charge is 2.32. The summed E-state index contributed by atoms with van der Waals surface area (Å²) in [5.74, 6) is -4.19. The van der Waals surface area contributed by atoms with Gasteiger partial charge < -0.3 is 54.9 Å². The van der Waals surface area contributed by atoms with E-state index in [0.717, 1.165) is 10.9 Å². The van der Waals surface area contributed by atoms with Gasteiger partial charge >= 0.3 is 0 Å². The van der Waals surface area contributed by atoms with E-state index in [9.17, 15) is 28.4 Å². The summed E-state index contributed by atoms with van der Waals surface area (Å²) >= 11 is 0. The number of rotatable bonds is 21. The van der Waals surface area contributed by atoms with Gasteiger partial charge in [-0.1, -0.05) is 56.3 Å². The molecule has 0 saturated heterocycles. The van der Waals surface area contributed by atoms with Gasteiger partial charge in [0.2, 0.25) is 29.5 Å². The molecule has 4 aromatic rings. The van der Waals surface area contributed by atoms with E-state index < -0.39 is 59.5 Å². The fourth-order valence-corrected chi connectivity index (χ4v) is 6.37. The van der Waals surface area contributed by atoms with Gasteiger partial charge in [0.15, 0.2) is 11.9 Å². The summed E-state index contributed by atoms with van der Waals surface area (Å²) in [5.41, 5.74) is 30.6. The molecule has 0 saturated carbocycles. The number of nitrogens with one attached hydrogen (secondary N) is 5. The lowest BCUT2D eigenvalue weighted by Crippen LogP contribution is -2.59. The number of fused-ring (bicyclic) bond motifs is 1. The van der Waals surface area contributed by atoms with Crippen LogP contribution in [0, 0.1) is 11.7 Å². The molecular weight excluding hydrogens is 760 g/mol. The summed E-state index contributed by atoms with van der Waals surface area (Å²) in [6.07, 6.45) is 2.20. The second kappa shape index (κ2) is 21.5. The predicted molar refractivity (Wildman–Crippen MR) is 224 cm³/mol. The molecule has 17 nitrogen and oxygen atoms in total. The summed E-state index contributed by atoms with van der Waals surface area (Å²) < 4.78 is 13.9. The number of H-pyrrole nitrogens is 1. The van der Waals surface area contributed by atoms with E-state index in [4.69, 9.17) is 28.7 Å². The Morgan fingerprint density at radius 2 is 1.25 bits per heavy atom. The zero-order valence-corrected chi connectivity index (χ0v) is 33.0. The number of hydrogen-bond acceptors (Lipinski definition) is 7. The standard InChI is InChI=1S/C41H53FN12O5/c1-23(2)18-32(37(57)52-31(36(43)56)8-5-17-48-40(44)45)53-39(59)34(20-25-11-15-28(16-12-25)50-41(46)47)54-38(58)33(19-24-9-13-27(42)14-10-24)51-35(55)21-26-22-49-30-7-4-3-6-29(26)30/h3-4,6-7,9-16,22-23,31-34,49H,5,8,17-21H2,1-2H3,(H2,43,56)(H,51,55)(H,52,57)(H,53,59)(H,54,58)(H4,44,45,48)(H4,46,47,50)/t31-,32-,33-,34-/m0/s1. The van der Waals surface area contributed by atoms with Crippen LogP contribution in [0.3, 0.4) is 0 Å². The number of halogens is 1. The average molecular weight is 813 g/mol. The highest BCUT2D eigenvalue weighted by molar-refractivity contribution is 5.96. The van der Waals surface area contributed by atoms with E-state index in [2.05, 4.69) is 36.2 Å². The summed E-state index contributed by atoms with van der Waals surface area (Å²) in [5, 5.41) is 11.8. The number of primary amides is 1. The first kappa shape index (κ1) is 44.7. The minimum Gasteiger partial charge on any atom is -0.370 e. The van der Waals surface area contributed by atoms with Gasteiger partial charge in [0, 0.05) is 36.5 Å². The maximum Gasteiger partial charge on any atom is 0.243 e. The topological polar surface area (TPSA) is 304 Å². The van der Waals surface area contributed by atoms with E-state index in [0.29, 0.717) is 28.8 Å². The van der Waals surface area contributed by atoms with Crippen LogP contribution in [0.15, 0.2) is 89.0 Å². The Morgan fingerprint density at radius 3 is 1.85 bits per heavy atom. The van der Waals surface area contributed by atoms with Crippen LogP contribution in [-0.2, 0) is 43.2 Å². The molecule has 314 valence electrons. The molecule has 0 aliphatic carbocycles. The molecule has 0 spiro atoms. The van der Waals surface area contributed by atoms with Crippen LogP contribution in [0.5, 0.6) is 0 Å². The molecule has 18 heteroatoms. The maximum absolute atomic E-state index is 14.2. The molecule has 4 atom stereocenters. The van der Waals surface area contributed by atoms with Crippen molar-refractivity contribution in [3.8, 4) is 0 Å². The molecule has 15 N–H and O–H groups in total. The number of aromatic nitrogens is 1. The van der Waals surface area contributed by atoms with Crippen molar-refractivity contribution >= 4 is 58.0 Å². The summed E-state index contributed by atoms with van der Waals surface area (Å²) in [6.45, 7) is 3.90. The van der Waals surface area contributed by atoms with Crippen molar-refractivity contribution in [2.45, 2.75) is 76.5 Å². The molecule has 3 aromatic carbocycles. The number of aromatic amines is 1. The van der Waals surface area contributed by atoms with Crippen molar-refractivity contribution < 1.29 is 28.4 Å². The lowest BCUT2D eigenvalue weighted by atomic mass is 9.99. The van der Waals surface area contributed by atoms with Crippen LogP contribution in [-0.4, -0.2) is 77.2 Å². The van der Waals surface area contributed by atoms with Crippen LogP contribution >= 0.6 is 0 Å². The van der Waals surface area contributed by atoms with Crippen molar-refractivity contribution in [2.24, 2.45) is 44.6 Å². The third kappa shape index (κ3) is 14.5. The van der Waals surface area contributed by atoms with Crippen molar-refractivity contribution in [2.75, 3.05) is 6.54 Å². The minimum absolute atomic E-state index is 0.0383. The first-order valence-electron chi connectivity index (χ1n) is 19.1. The average Bonchev–Trinajstić information content (AvgIpc) is 3.58. The van der Waals surface area contributed by atoms with Gasteiger partial charge in [0.25, 0.3) is 0 Å². The number of amides is 5. The monoisotopic (exact) mass is 812 g/mol. The fourth-order valence-electron chi connectivity index (χ4n) is 6.37. The number of benzene rings is 3. The molecule has 0 radical (unpaired) electrons. The number of aliphatic imine (C=N–C) groups is 2. The highest BCUT2D eigenvalue weighted by Crippen LogP contribution is 2.19. The smallest absolute Gasteiger partial charge is 0.243 e. The van der Waals surface area contributed by atoms with Gasteiger partial charge in [0.1, 0.15) is 30.0 Å². The Morgan fingerprint density at radius 1 is 0.695 bits per heavy atom. The molecule has 5 amide bonds. The molecule has 1 aromatic heterocycles. The predicted octanol–water partition coefficient (Wildman–Crippen LogP) is 0.764. The number of carbonyl (C=O) groups excluding carboxylic acids is 5. The van der Waals surface area contributed by atoms with Gasteiger partial charge in [-0.3, -0.25) is 29.0 Å². The summed E-state index contributed by atoms with van der Waals surface area (Å²) in [4.78, 5) is 79.0. The molecule has 4 rings (SSSR count). The Kier molecular flexibility index (Phi) is 16.3. The number of para-hydroxylation sites is 1. The number of nitrogens with zero attached hydrogens (tertiary/aromatic N) is 2. The van der Waals surface area contributed by atoms with Gasteiger partial charge in [-0.15, -0.1) is 0 Å². The largest absolute Gasteiger partial charge is 0.370 e. The lowest BCUT2D eigenvalue weighted by molar-refractivity contribution is -0.134. The SMILES string of the molecule is CC(C)C[C@H](NC(=O)[C@H](Cc1ccc(N=C(N)N)cc1)NC(=O)[C@H](Cc1ccc(F)cc1)NC(=O)Cc1c[nH]c2ccccc12)C(=O)N[C@@H](CCCN=C(N)N)C(N)=O. The van der Waals surface area contributed by atoms with Crippen molar-refractivity contribution in [3.63, 3.8) is 0 Å². The van der Waals surface area contributed by atoms with E-state index in [1.807, 2.05) is 38.1 Å². The van der Waals surface area contributed by atoms with Crippen LogP contribution in [0.1, 0.15) is 49.8 Å². The van der Waals surface area contributed by atoms with E-state index >= 15 is 0 Å². The van der Waals surface area contributed by atoms with Gasteiger partial charge in [0.05, 0.1) is 12.1 Å². The molecule has 0 aliphatic rings. The Labute approximate surface area is 341 Å². The van der Waals surface area contributed by atoms with E-state index in [1.165, 1.54) is 24.3 Å². The van der Waals surface area contributed by atoms with Crippen molar-refractivity contribution in [1.29, 1.82) is 0 Å². The first-order chi connectivity index (χ1) is 28.1. The Hall–Kier alpha value is -6.98. The molecule has 0 unspecified atom stereocenters. The summed E-state index contributed by atoms with van der Waals surface area (Å²) in [6, 6.07) is 14.8. The zero-order valence-electron chi connectivity index (χ0n) is 33.0. The van der Waals surface area contributed by atoms with Crippen molar-refractivity contribution in [1.82, 2.24) is 26.3 Å². The molecule has 0 fully saturated rings. The Balaban J connectivity index is 1.61. The van der Waals surface area contributed by atoms with Gasteiger partial charge in [-0.05, 0) is 72.2 Å². The summed E-state index contributed by atoms with van der Waals surface area (Å²) in [7, 11) is 0. The number of guanidine groups is 2. The minimum atomic E-state index is -1.29. The van der Waals surface area contributed by atoms with Crippen LogP contribution in [0.2, 0.25) is 0 Å². The number of nitrogens with two attached hydrogens (primary N) is 5.